The Morgan fingerprint density at radius 2 is 1.47 bits per heavy atom. The molecule has 3 aromatic carbocycles. The zero-order valence-corrected chi connectivity index (χ0v) is 18.9. The van der Waals surface area contributed by atoms with Gasteiger partial charge in [0, 0.05) is 29.4 Å². The van der Waals surface area contributed by atoms with E-state index in [1.165, 1.54) is 0 Å². The average molecular weight is 440 g/mol. The van der Waals surface area contributed by atoms with Crippen molar-refractivity contribution in [1.82, 2.24) is 4.90 Å². The Bertz CT molecular complexity index is 1070. The lowest BCUT2D eigenvalue weighted by atomic mass is 9.92. The molecule has 3 aromatic rings. The van der Waals surface area contributed by atoms with Crippen molar-refractivity contribution >= 4 is 10.8 Å². The largest absolute Gasteiger partial charge is 0.507 e. The third-order valence-electron chi connectivity index (χ3n) is 5.95. The van der Waals surface area contributed by atoms with Crippen molar-refractivity contribution in [2.45, 2.75) is 6.04 Å². The fourth-order valence-corrected chi connectivity index (χ4v) is 4.41. The summed E-state index contributed by atoms with van der Waals surface area (Å²) in [7, 11) is 6.42. The molecule has 0 aliphatic carbocycles. The Morgan fingerprint density at radius 3 is 2.06 bits per heavy atom. The van der Waals surface area contributed by atoms with Crippen LogP contribution in [0.15, 0.2) is 42.5 Å². The van der Waals surface area contributed by atoms with Gasteiger partial charge >= 0.3 is 0 Å². The predicted octanol–water partition coefficient (Wildman–Crippen LogP) is 4.00. The maximum atomic E-state index is 11.4. The lowest BCUT2D eigenvalue weighted by Crippen LogP contribution is -2.39. The molecule has 4 rings (SSSR count). The average Bonchev–Trinajstić information content (AvgIpc) is 2.85. The van der Waals surface area contributed by atoms with E-state index in [2.05, 4.69) is 4.90 Å². The molecular formula is C25H29NO6. The summed E-state index contributed by atoms with van der Waals surface area (Å²) >= 11 is 0. The fourth-order valence-electron chi connectivity index (χ4n) is 4.41. The first-order valence-electron chi connectivity index (χ1n) is 10.5. The zero-order chi connectivity index (χ0) is 22.7. The number of hydrogen-bond donors (Lipinski definition) is 1. The third-order valence-corrected chi connectivity index (χ3v) is 5.95. The number of rotatable bonds is 7. The maximum absolute atomic E-state index is 11.4. The fraction of sp³-hybridized carbons (Fsp3) is 0.360. The normalized spacial score (nSPS) is 15.4. The van der Waals surface area contributed by atoms with Crippen LogP contribution in [0.25, 0.3) is 10.8 Å². The van der Waals surface area contributed by atoms with Crippen molar-refractivity contribution in [3.05, 3.63) is 53.6 Å². The molecule has 1 heterocycles. The van der Waals surface area contributed by atoms with Gasteiger partial charge in [0.2, 0.25) is 5.75 Å². The summed E-state index contributed by atoms with van der Waals surface area (Å²) in [5.41, 5.74) is 1.72. The summed E-state index contributed by atoms with van der Waals surface area (Å²) in [6.07, 6.45) is 0. The van der Waals surface area contributed by atoms with E-state index in [0.29, 0.717) is 30.5 Å². The van der Waals surface area contributed by atoms with E-state index in [0.717, 1.165) is 40.7 Å². The van der Waals surface area contributed by atoms with Gasteiger partial charge in [0.25, 0.3) is 0 Å². The molecule has 0 saturated carbocycles. The number of benzene rings is 3. The van der Waals surface area contributed by atoms with Crippen LogP contribution < -0.4 is 18.9 Å². The highest BCUT2D eigenvalue weighted by molar-refractivity contribution is 5.94. The van der Waals surface area contributed by atoms with E-state index < -0.39 is 0 Å². The number of methoxy groups -OCH3 is 4. The minimum atomic E-state index is -0.233. The first-order valence-corrected chi connectivity index (χ1v) is 10.5. The van der Waals surface area contributed by atoms with Crippen LogP contribution >= 0.6 is 0 Å². The number of ether oxygens (including phenoxy) is 5. The molecule has 170 valence electrons. The van der Waals surface area contributed by atoms with E-state index >= 15 is 0 Å². The van der Waals surface area contributed by atoms with Gasteiger partial charge in [0.1, 0.15) is 11.5 Å². The van der Waals surface area contributed by atoms with E-state index in [-0.39, 0.29) is 11.8 Å². The lowest BCUT2D eigenvalue weighted by Gasteiger charge is -2.36. The quantitative estimate of drug-likeness (QED) is 0.597. The predicted molar refractivity (Wildman–Crippen MR) is 122 cm³/mol. The van der Waals surface area contributed by atoms with Crippen LogP contribution in [0.2, 0.25) is 0 Å². The van der Waals surface area contributed by atoms with Crippen molar-refractivity contribution < 1.29 is 28.8 Å². The second kappa shape index (κ2) is 9.54. The summed E-state index contributed by atoms with van der Waals surface area (Å²) in [4.78, 5) is 2.30. The molecule has 1 atom stereocenters. The molecular weight excluding hydrogens is 410 g/mol. The maximum Gasteiger partial charge on any atom is 0.203 e. The molecule has 1 saturated heterocycles. The van der Waals surface area contributed by atoms with Gasteiger partial charge in [-0.2, -0.15) is 0 Å². The molecule has 7 heteroatoms. The molecule has 1 fully saturated rings. The second-order valence-corrected chi connectivity index (χ2v) is 7.57. The summed E-state index contributed by atoms with van der Waals surface area (Å²) in [6.45, 7) is 2.72. The molecule has 1 aliphatic rings. The summed E-state index contributed by atoms with van der Waals surface area (Å²) < 4.78 is 27.8. The van der Waals surface area contributed by atoms with E-state index in [1.54, 1.807) is 28.4 Å². The van der Waals surface area contributed by atoms with Gasteiger partial charge in [-0.05, 0) is 23.8 Å². The molecule has 0 bridgehead atoms. The minimum Gasteiger partial charge on any atom is -0.507 e. The van der Waals surface area contributed by atoms with E-state index in [4.69, 9.17) is 23.7 Å². The topological polar surface area (TPSA) is 69.6 Å². The van der Waals surface area contributed by atoms with Crippen LogP contribution in [-0.4, -0.2) is 64.7 Å². The van der Waals surface area contributed by atoms with Crippen molar-refractivity contribution in [2.75, 3.05) is 54.7 Å². The first-order chi connectivity index (χ1) is 15.6. The number of phenolic OH excluding ortho intramolecular Hbond substituents is 1. The van der Waals surface area contributed by atoms with Crippen LogP contribution in [0.3, 0.4) is 0 Å². The Hall–Kier alpha value is -3.16. The molecule has 1 N–H and O–H groups in total. The molecule has 7 nitrogen and oxygen atoms in total. The number of fused-ring (bicyclic) bond motifs is 1. The number of morpholine rings is 1. The van der Waals surface area contributed by atoms with Crippen LogP contribution in [0.5, 0.6) is 28.7 Å². The molecule has 0 amide bonds. The number of nitrogens with zero attached hydrogens (tertiary/aromatic N) is 1. The van der Waals surface area contributed by atoms with Gasteiger partial charge in [0.05, 0.1) is 47.7 Å². The Morgan fingerprint density at radius 1 is 0.812 bits per heavy atom. The van der Waals surface area contributed by atoms with E-state index in [9.17, 15) is 5.11 Å². The Balaban J connectivity index is 1.92. The highest BCUT2D eigenvalue weighted by Gasteiger charge is 2.29. The minimum absolute atomic E-state index is 0.228. The summed E-state index contributed by atoms with van der Waals surface area (Å²) in [6, 6.07) is 13.3. The number of aromatic hydroxyl groups is 1. The molecule has 0 radical (unpaired) electrons. The number of phenols is 1. The molecule has 0 spiro atoms. The standard InChI is InChI=1S/C25H29NO6/c1-28-20-7-5-6-18-17(20)8-9-19(24(18)27)23(26-10-12-32-13-11-26)16-14-21(29-2)25(31-4)22(15-16)30-3/h5-9,14-15,23,27H,10-13H2,1-4H3. The monoisotopic (exact) mass is 439 g/mol. The highest BCUT2D eigenvalue weighted by Crippen LogP contribution is 2.45. The molecule has 1 unspecified atom stereocenters. The van der Waals surface area contributed by atoms with Crippen molar-refractivity contribution in [2.24, 2.45) is 0 Å². The van der Waals surface area contributed by atoms with Gasteiger partial charge in [-0.25, -0.2) is 0 Å². The molecule has 1 aliphatic heterocycles. The van der Waals surface area contributed by atoms with Crippen molar-refractivity contribution in [3.8, 4) is 28.7 Å². The van der Waals surface area contributed by atoms with E-state index in [1.807, 2.05) is 42.5 Å². The van der Waals surface area contributed by atoms with Gasteiger partial charge in [-0.15, -0.1) is 0 Å². The lowest BCUT2D eigenvalue weighted by molar-refractivity contribution is 0.0235. The summed E-state index contributed by atoms with van der Waals surface area (Å²) in [5, 5.41) is 13.0. The van der Waals surface area contributed by atoms with Crippen molar-refractivity contribution in [3.63, 3.8) is 0 Å². The van der Waals surface area contributed by atoms with Gasteiger partial charge < -0.3 is 28.8 Å². The van der Waals surface area contributed by atoms with Gasteiger partial charge in [-0.1, -0.05) is 24.3 Å². The van der Waals surface area contributed by atoms with Crippen LogP contribution in [0.4, 0.5) is 0 Å². The molecule has 0 aromatic heterocycles. The van der Waals surface area contributed by atoms with Crippen LogP contribution in [0, 0.1) is 0 Å². The van der Waals surface area contributed by atoms with Crippen molar-refractivity contribution in [1.29, 1.82) is 0 Å². The van der Waals surface area contributed by atoms with Crippen LogP contribution in [-0.2, 0) is 4.74 Å². The van der Waals surface area contributed by atoms with Crippen LogP contribution in [0.1, 0.15) is 17.2 Å². The Labute approximate surface area is 188 Å². The SMILES string of the molecule is COc1cc(C(c2ccc3c(OC)cccc3c2O)N2CCOCC2)cc(OC)c1OC. The second-order valence-electron chi connectivity index (χ2n) is 7.57. The van der Waals surface area contributed by atoms with Gasteiger partial charge in [0.15, 0.2) is 11.5 Å². The third kappa shape index (κ3) is 3.89. The van der Waals surface area contributed by atoms with Gasteiger partial charge in [-0.3, -0.25) is 4.90 Å². The Kier molecular flexibility index (Phi) is 6.58. The highest BCUT2D eigenvalue weighted by atomic mass is 16.5. The molecule has 32 heavy (non-hydrogen) atoms. The smallest absolute Gasteiger partial charge is 0.203 e. The summed E-state index contributed by atoms with van der Waals surface area (Å²) in [5.74, 6) is 2.63. The zero-order valence-electron chi connectivity index (χ0n) is 18.9. The first kappa shape index (κ1) is 22.0. The number of hydrogen-bond acceptors (Lipinski definition) is 7.